The van der Waals surface area contributed by atoms with Crippen LogP contribution < -0.4 is 4.90 Å². The molecule has 0 radical (unpaired) electrons. The minimum atomic E-state index is -0.622. The van der Waals surface area contributed by atoms with Crippen LogP contribution in [0.2, 0.25) is 0 Å². The molecule has 0 amide bonds. The van der Waals surface area contributed by atoms with E-state index < -0.39 is 10.8 Å². The van der Waals surface area contributed by atoms with Gasteiger partial charge in [-0.05, 0) is 102 Å². The summed E-state index contributed by atoms with van der Waals surface area (Å²) in [5, 5.41) is 0. The summed E-state index contributed by atoms with van der Waals surface area (Å²) in [7, 11) is 0. The first-order valence-corrected chi connectivity index (χ1v) is 23.3. The van der Waals surface area contributed by atoms with Gasteiger partial charge in [-0.3, -0.25) is 0 Å². The Bertz CT molecular complexity index is 3420. The highest BCUT2D eigenvalue weighted by molar-refractivity contribution is 6.01. The number of hydrogen-bond donors (Lipinski definition) is 0. The van der Waals surface area contributed by atoms with E-state index in [1.165, 1.54) is 89.0 Å². The van der Waals surface area contributed by atoms with Crippen LogP contribution in [0.3, 0.4) is 0 Å². The van der Waals surface area contributed by atoms with Gasteiger partial charge in [-0.2, -0.15) is 0 Å². The van der Waals surface area contributed by atoms with Gasteiger partial charge in [-0.25, -0.2) is 0 Å². The molecule has 0 aliphatic heterocycles. The molecule has 0 saturated carbocycles. The van der Waals surface area contributed by atoms with Crippen LogP contribution in [0.15, 0.2) is 249 Å². The summed E-state index contributed by atoms with van der Waals surface area (Å²) < 4.78 is 0. The van der Waals surface area contributed by atoms with Crippen LogP contribution in [0.1, 0.15) is 69.5 Å². The van der Waals surface area contributed by atoms with E-state index in [1.54, 1.807) is 0 Å². The molecule has 0 unspecified atom stereocenters. The second kappa shape index (κ2) is 14.5. The molecule has 0 aromatic heterocycles. The van der Waals surface area contributed by atoms with E-state index in [-0.39, 0.29) is 5.41 Å². The van der Waals surface area contributed by atoms with Crippen LogP contribution in [0.5, 0.6) is 0 Å². The maximum absolute atomic E-state index is 2.63. The van der Waals surface area contributed by atoms with Gasteiger partial charge >= 0.3 is 0 Å². The summed E-state index contributed by atoms with van der Waals surface area (Å²) in [6.45, 7) is 4.78. The van der Waals surface area contributed by atoms with Crippen LogP contribution in [-0.2, 0) is 16.2 Å². The average Bonchev–Trinajstić information content (AvgIpc) is 3.95. The van der Waals surface area contributed by atoms with Gasteiger partial charge in [0.2, 0.25) is 0 Å². The standard InChI is InChI=1S/C65H47N/c1-63(2)54-35-18-15-31-49(54)51-42-41-48(43-58(51)63)66(59-39-22-38-57-61(59)53-33-17-20-37-56(53)64(57,44-23-7-3-8-24-44)45-25-9-4-10-26-45)60-40-21-34-52-50-32-16-19-36-55(50)65(62(52)60,46-27-11-5-12-28-46)47-29-13-6-14-30-47/h3-43H,1-2H3. The van der Waals surface area contributed by atoms with E-state index in [2.05, 4.69) is 267 Å². The molecule has 312 valence electrons. The highest BCUT2D eigenvalue weighted by atomic mass is 15.2. The Kier molecular flexibility index (Phi) is 8.45. The van der Waals surface area contributed by atoms with Crippen molar-refractivity contribution in [1.29, 1.82) is 0 Å². The van der Waals surface area contributed by atoms with Crippen LogP contribution in [0, 0.1) is 0 Å². The first-order chi connectivity index (χ1) is 32.5. The summed E-state index contributed by atoms with van der Waals surface area (Å²) in [6.07, 6.45) is 0. The molecule has 13 rings (SSSR count). The number of nitrogens with zero attached hydrogens (tertiary/aromatic N) is 1. The third kappa shape index (κ3) is 5.11. The smallest absolute Gasteiger partial charge is 0.0734 e. The van der Waals surface area contributed by atoms with Crippen LogP contribution in [0.4, 0.5) is 17.1 Å². The second-order valence-electron chi connectivity index (χ2n) is 18.7. The summed E-state index contributed by atoms with van der Waals surface area (Å²) >= 11 is 0. The van der Waals surface area contributed by atoms with E-state index in [0.29, 0.717) is 0 Å². The summed E-state index contributed by atoms with van der Waals surface area (Å²) in [5.74, 6) is 0. The molecule has 66 heavy (non-hydrogen) atoms. The molecule has 0 atom stereocenters. The van der Waals surface area contributed by atoms with Gasteiger partial charge in [0.15, 0.2) is 0 Å². The summed E-state index contributed by atoms with van der Waals surface area (Å²) in [6, 6.07) is 93.4. The molecule has 0 saturated heterocycles. The van der Waals surface area contributed by atoms with Gasteiger partial charge in [0.1, 0.15) is 0 Å². The van der Waals surface area contributed by atoms with Crippen molar-refractivity contribution < 1.29 is 0 Å². The molecule has 1 nitrogen and oxygen atoms in total. The Labute approximate surface area is 388 Å². The van der Waals surface area contributed by atoms with Crippen molar-refractivity contribution in [2.45, 2.75) is 30.1 Å². The van der Waals surface area contributed by atoms with Gasteiger partial charge in [0.05, 0.1) is 22.2 Å². The first-order valence-electron chi connectivity index (χ1n) is 23.3. The van der Waals surface area contributed by atoms with Crippen molar-refractivity contribution in [1.82, 2.24) is 0 Å². The molecular weight excluding hydrogens is 795 g/mol. The predicted octanol–water partition coefficient (Wildman–Crippen LogP) is 16.2. The van der Waals surface area contributed by atoms with E-state index in [1.807, 2.05) is 0 Å². The van der Waals surface area contributed by atoms with Crippen LogP contribution >= 0.6 is 0 Å². The summed E-state index contributed by atoms with van der Waals surface area (Å²) in [4.78, 5) is 2.63. The lowest BCUT2D eigenvalue weighted by Crippen LogP contribution is -2.30. The Hall–Kier alpha value is -8.00. The Morgan fingerprint density at radius 1 is 0.288 bits per heavy atom. The zero-order chi connectivity index (χ0) is 44.0. The molecule has 0 spiro atoms. The van der Waals surface area contributed by atoms with Gasteiger partial charge in [-0.1, -0.05) is 238 Å². The highest BCUT2D eigenvalue weighted by Crippen LogP contribution is 2.63. The Morgan fingerprint density at radius 2 is 0.697 bits per heavy atom. The maximum atomic E-state index is 2.63. The molecular formula is C65H47N. The number of rotatable bonds is 7. The lowest BCUT2D eigenvalue weighted by atomic mass is 9.67. The fourth-order valence-electron chi connectivity index (χ4n) is 12.6. The van der Waals surface area contributed by atoms with E-state index in [0.717, 1.165) is 17.1 Å². The van der Waals surface area contributed by atoms with E-state index in [4.69, 9.17) is 0 Å². The van der Waals surface area contributed by atoms with Gasteiger partial charge in [0, 0.05) is 22.2 Å². The molecule has 0 bridgehead atoms. The number of hydrogen-bond acceptors (Lipinski definition) is 1. The molecule has 10 aromatic carbocycles. The molecule has 0 heterocycles. The Balaban J connectivity index is 1.18. The predicted molar refractivity (Wildman–Crippen MR) is 273 cm³/mol. The zero-order valence-electron chi connectivity index (χ0n) is 37.1. The van der Waals surface area contributed by atoms with Crippen molar-refractivity contribution in [3.05, 3.63) is 304 Å². The van der Waals surface area contributed by atoms with Crippen molar-refractivity contribution in [3.63, 3.8) is 0 Å². The molecule has 10 aromatic rings. The monoisotopic (exact) mass is 841 g/mol. The van der Waals surface area contributed by atoms with Crippen molar-refractivity contribution in [2.75, 3.05) is 4.90 Å². The van der Waals surface area contributed by atoms with E-state index >= 15 is 0 Å². The minimum Gasteiger partial charge on any atom is -0.309 e. The fraction of sp³-hybridized carbons (Fsp3) is 0.0769. The lowest BCUT2D eigenvalue weighted by molar-refractivity contribution is 0.660. The maximum Gasteiger partial charge on any atom is 0.0734 e. The second-order valence-corrected chi connectivity index (χ2v) is 18.7. The number of fused-ring (bicyclic) bond motifs is 9. The minimum absolute atomic E-state index is 0.193. The lowest BCUT2D eigenvalue weighted by Gasteiger charge is -2.39. The number of anilines is 3. The highest BCUT2D eigenvalue weighted by Gasteiger charge is 2.51. The van der Waals surface area contributed by atoms with Crippen LogP contribution in [-0.4, -0.2) is 0 Å². The molecule has 0 N–H and O–H groups in total. The van der Waals surface area contributed by atoms with Gasteiger partial charge < -0.3 is 4.90 Å². The Morgan fingerprint density at radius 3 is 1.29 bits per heavy atom. The molecule has 0 fully saturated rings. The first kappa shape index (κ1) is 38.5. The topological polar surface area (TPSA) is 3.24 Å². The third-order valence-electron chi connectivity index (χ3n) is 15.2. The van der Waals surface area contributed by atoms with Crippen molar-refractivity contribution >= 4 is 17.1 Å². The SMILES string of the molecule is CC1(C)c2ccccc2-c2ccc(N(c3cccc4c3-c3ccccc3C4(c3ccccc3)c3ccccc3)c3cccc4c3C(c3ccccc3)(c3ccccc3)c3ccccc3-4)cc21. The van der Waals surface area contributed by atoms with Crippen molar-refractivity contribution in [3.8, 4) is 33.4 Å². The zero-order valence-corrected chi connectivity index (χ0v) is 37.1. The molecule has 1 heteroatoms. The average molecular weight is 842 g/mol. The largest absolute Gasteiger partial charge is 0.309 e. The van der Waals surface area contributed by atoms with E-state index in [9.17, 15) is 0 Å². The fourth-order valence-corrected chi connectivity index (χ4v) is 12.6. The van der Waals surface area contributed by atoms with Gasteiger partial charge in [0.25, 0.3) is 0 Å². The summed E-state index contributed by atoms with van der Waals surface area (Å²) in [5.41, 5.74) is 22.6. The normalized spacial score (nSPS) is 14.9. The van der Waals surface area contributed by atoms with Gasteiger partial charge in [-0.15, -0.1) is 0 Å². The number of benzene rings is 10. The molecule has 3 aliphatic carbocycles. The third-order valence-corrected chi connectivity index (χ3v) is 15.2. The quantitative estimate of drug-likeness (QED) is 0.155. The van der Waals surface area contributed by atoms with Crippen molar-refractivity contribution in [2.24, 2.45) is 0 Å². The molecule has 3 aliphatic rings. The van der Waals surface area contributed by atoms with Crippen LogP contribution in [0.25, 0.3) is 33.4 Å².